The Morgan fingerprint density at radius 3 is 3.00 bits per heavy atom. The van der Waals surface area contributed by atoms with Crippen LogP contribution in [-0.2, 0) is 4.74 Å². The summed E-state index contributed by atoms with van der Waals surface area (Å²) in [5.41, 5.74) is 6.53. The van der Waals surface area contributed by atoms with E-state index in [9.17, 15) is 4.79 Å². The second-order valence-electron chi connectivity index (χ2n) is 4.08. The molecule has 0 aliphatic heterocycles. The first-order valence-corrected chi connectivity index (χ1v) is 7.68. The molecule has 2 rings (SSSR count). The molecule has 0 aliphatic rings. The van der Waals surface area contributed by atoms with Gasteiger partial charge >= 0.3 is 0 Å². The topological polar surface area (TPSA) is 84.6 Å². The second kappa shape index (κ2) is 7.03. The van der Waals surface area contributed by atoms with Crippen LogP contribution in [0.15, 0.2) is 22.7 Å². The Labute approximate surface area is 128 Å². The van der Waals surface area contributed by atoms with Crippen LogP contribution in [0.3, 0.4) is 0 Å². The van der Waals surface area contributed by atoms with E-state index in [1.807, 2.05) is 18.2 Å². The normalized spacial score (nSPS) is 10.9. The highest BCUT2D eigenvalue weighted by Gasteiger charge is 2.16. The SMILES string of the molecule is Nc1c(C(=O)NCCOCCO)sc2ccc(Br)cc12. The van der Waals surface area contributed by atoms with E-state index in [2.05, 4.69) is 21.2 Å². The lowest BCUT2D eigenvalue weighted by Gasteiger charge is -2.04. The van der Waals surface area contributed by atoms with Crippen LogP contribution >= 0.6 is 27.3 Å². The van der Waals surface area contributed by atoms with Gasteiger partial charge in [0, 0.05) is 21.1 Å². The molecule has 1 amide bonds. The molecule has 108 valence electrons. The smallest absolute Gasteiger partial charge is 0.263 e. The molecule has 0 bridgehead atoms. The van der Waals surface area contributed by atoms with Crippen molar-refractivity contribution in [2.75, 3.05) is 32.1 Å². The number of halogens is 1. The maximum Gasteiger partial charge on any atom is 0.263 e. The molecule has 1 aromatic heterocycles. The zero-order valence-corrected chi connectivity index (χ0v) is 13.1. The number of carbonyl (C=O) groups excluding carboxylic acids is 1. The number of ether oxygens (including phenoxy) is 1. The number of amides is 1. The van der Waals surface area contributed by atoms with E-state index in [1.54, 1.807) is 0 Å². The van der Waals surface area contributed by atoms with Gasteiger partial charge in [0.25, 0.3) is 5.91 Å². The number of hydrogen-bond acceptors (Lipinski definition) is 5. The van der Waals surface area contributed by atoms with Crippen molar-refractivity contribution in [2.24, 2.45) is 0 Å². The quantitative estimate of drug-likeness (QED) is 0.689. The van der Waals surface area contributed by atoms with Gasteiger partial charge < -0.3 is 20.9 Å². The summed E-state index contributed by atoms with van der Waals surface area (Å²) in [5, 5.41) is 12.2. The summed E-state index contributed by atoms with van der Waals surface area (Å²) < 4.78 is 6.98. The largest absolute Gasteiger partial charge is 0.397 e. The van der Waals surface area contributed by atoms with Crippen molar-refractivity contribution in [3.63, 3.8) is 0 Å². The standard InChI is InChI=1S/C13H15BrN2O3S/c14-8-1-2-10-9(7-8)11(15)12(20-10)13(18)16-3-5-19-6-4-17/h1-2,7,17H,3-6,15H2,(H,16,18). The number of nitrogens with one attached hydrogen (secondary N) is 1. The van der Waals surface area contributed by atoms with Gasteiger partial charge in [-0.3, -0.25) is 4.79 Å². The van der Waals surface area contributed by atoms with Crippen molar-refractivity contribution in [1.29, 1.82) is 0 Å². The number of benzene rings is 1. The molecule has 20 heavy (non-hydrogen) atoms. The van der Waals surface area contributed by atoms with E-state index >= 15 is 0 Å². The van der Waals surface area contributed by atoms with Crippen LogP contribution in [0.2, 0.25) is 0 Å². The molecule has 7 heteroatoms. The Balaban J connectivity index is 2.05. The average molecular weight is 359 g/mol. The highest BCUT2D eigenvalue weighted by atomic mass is 79.9. The first-order valence-electron chi connectivity index (χ1n) is 6.08. The number of rotatable bonds is 6. The summed E-state index contributed by atoms with van der Waals surface area (Å²) in [7, 11) is 0. The monoisotopic (exact) mass is 358 g/mol. The third kappa shape index (κ3) is 3.49. The van der Waals surface area contributed by atoms with Crippen molar-refractivity contribution in [2.45, 2.75) is 0 Å². The van der Waals surface area contributed by atoms with Crippen molar-refractivity contribution in [3.8, 4) is 0 Å². The fourth-order valence-electron chi connectivity index (χ4n) is 1.74. The van der Waals surface area contributed by atoms with Crippen LogP contribution in [0.5, 0.6) is 0 Å². The van der Waals surface area contributed by atoms with E-state index in [4.69, 9.17) is 15.6 Å². The minimum atomic E-state index is -0.201. The zero-order valence-electron chi connectivity index (χ0n) is 10.7. The number of aliphatic hydroxyl groups is 1. The van der Waals surface area contributed by atoms with E-state index in [0.717, 1.165) is 14.6 Å². The molecule has 0 saturated carbocycles. The van der Waals surface area contributed by atoms with Gasteiger partial charge in [-0.1, -0.05) is 15.9 Å². The van der Waals surface area contributed by atoms with Crippen LogP contribution in [0, 0.1) is 0 Å². The van der Waals surface area contributed by atoms with Gasteiger partial charge in [-0.15, -0.1) is 11.3 Å². The van der Waals surface area contributed by atoms with Crippen LogP contribution in [0.4, 0.5) is 5.69 Å². The van der Waals surface area contributed by atoms with Crippen molar-refractivity contribution < 1.29 is 14.6 Å². The third-order valence-corrected chi connectivity index (χ3v) is 4.34. The first kappa shape index (κ1) is 15.2. The van der Waals surface area contributed by atoms with Gasteiger partial charge in [0.05, 0.1) is 25.5 Å². The molecule has 0 radical (unpaired) electrons. The first-order chi connectivity index (χ1) is 9.63. The number of anilines is 1. The molecule has 0 atom stereocenters. The third-order valence-electron chi connectivity index (χ3n) is 2.66. The number of fused-ring (bicyclic) bond motifs is 1. The molecule has 4 N–H and O–H groups in total. The Hall–Kier alpha value is -1.15. The van der Waals surface area contributed by atoms with Gasteiger partial charge in [0.15, 0.2) is 0 Å². The number of thiophene rings is 1. The zero-order chi connectivity index (χ0) is 14.5. The number of hydrogen-bond donors (Lipinski definition) is 3. The van der Waals surface area contributed by atoms with E-state index in [1.165, 1.54) is 11.3 Å². The summed E-state index contributed by atoms with van der Waals surface area (Å²) in [4.78, 5) is 12.6. The Morgan fingerprint density at radius 2 is 2.25 bits per heavy atom. The molecule has 1 heterocycles. The number of nitrogens with two attached hydrogens (primary N) is 1. The van der Waals surface area contributed by atoms with Crippen LogP contribution < -0.4 is 11.1 Å². The predicted molar refractivity (Wildman–Crippen MR) is 84.2 cm³/mol. The van der Waals surface area contributed by atoms with Gasteiger partial charge in [-0.25, -0.2) is 0 Å². The number of nitrogen functional groups attached to an aromatic ring is 1. The van der Waals surface area contributed by atoms with Crippen molar-refractivity contribution in [3.05, 3.63) is 27.5 Å². The molecule has 0 fully saturated rings. The van der Waals surface area contributed by atoms with Gasteiger partial charge in [0.2, 0.25) is 0 Å². The molecular formula is C13H15BrN2O3S. The number of carbonyl (C=O) groups is 1. The lowest BCUT2D eigenvalue weighted by molar-refractivity contribution is 0.0841. The van der Waals surface area contributed by atoms with Crippen LogP contribution in [-0.4, -0.2) is 37.4 Å². The summed E-state index contributed by atoms with van der Waals surface area (Å²) >= 11 is 4.76. The highest BCUT2D eigenvalue weighted by Crippen LogP contribution is 2.35. The fourth-order valence-corrected chi connectivity index (χ4v) is 3.12. The second-order valence-corrected chi connectivity index (χ2v) is 6.05. The molecule has 0 spiro atoms. The maximum atomic E-state index is 12.1. The molecule has 2 aromatic rings. The lowest BCUT2D eigenvalue weighted by Crippen LogP contribution is -2.27. The Bertz CT molecular complexity index is 615. The van der Waals surface area contributed by atoms with Crippen LogP contribution in [0.25, 0.3) is 10.1 Å². The van der Waals surface area contributed by atoms with Gasteiger partial charge in [0.1, 0.15) is 4.88 Å². The van der Waals surface area contributed by atoms with E-state index in [-0.39, 0.29) is 19.1 Å². The minimum Gasteiger partial charge on any atom is -0.397 e. The summed E-state index contributed by atoms with van der Waals surface area (Å²) in [6, 6.07) is 5.76. The van der Waals surface area contributed by atoms with Gasteiger partial charge in [-0.05, 0) is 18.2 Å². The fraction of sp³-hybridized carbons (Fsp3) is 0.308. The summed E-state index contributed by atoms with van der Waals surface area (Å²) in [6.07, 6.45) is 0. The lowest BCUT2D eigenvalue weighted by atomic mass is 10.2. The maximum absolute atomic E-state index is 12.1. The highest BCUT2D eigenvalue weighted by molar-refractivity contribution is 9.10. The summed E-state index contributed by atoms with van der Waals surface area (Å²) in [6.45, 7) is 1.000. The van der Waals surface area contributed by atoms with E-state index < -0.39 is 0 Å². The van der Waals surface area contributed by atoms with Gasteiger partial charge in [-0.2, -0.15) is 0 Å². The molecular weight excluding hydrogens is 344 g/mol. The van der Waals surface area contributed by atoms with E-state index in [0.29, 0.717) is 23.7 Å². The predicted octanol–water partition coefficient (Wildman–Crippen LogP) is 1.98. The minimum absolute atomic E-state index is 0.0217. The van der Waals surface area contributed by atoms with Crippen LogP contribution in [0.1, 0.15) is 9.67 Å². The number of aliphatic hydroxyl groups excluding tert-OH is 1. The molecule has 1 aromatic carbocycles. The van der Waals surface area contributed by atoms with Crippen molar-refractivity contribution in [1.82, 2.24) is 5.32 Å². The summed E-state index contributed by atoms with van der Waals surface area (Å²) in [5.74, 6) is -0.201. The molecule has 5 nitrogen and oxygen atoms in total. The average Bonchev–Trinajstić information content (AvgIpc) is 2.76. The Morgan fingerprint density at radius 1 is 1.45 bits per heavy atom. The Kier molecular flexibility index (Phi) is 5.36. The van der Waals surface area contributed by atoms with Crippen molar-refractivity contribution >= 4 is 48.9 Å². The molecule has 0 saturated heterocycles. The molecule has 0 aliphatic carbocycles. The molecule has 0 unspecified atom stereocenters.